The fourth-order valence-electron chi connectivity index (χ4n) is 1.89. The molecule has 1 atom stereocenters. The molecule has 0 aromatic carbocycles. The van der Waals surface area contributed by atoms with Crippen molar-refractivity contribution in [2.75, 3.05) is 6.54 Å². The minimum absolute atomic E-state index is 0.288. The molecule has 1 aromatic heterocycles. The second kappa shape index (κ2) is 4.06. The Labute approximate surface area is 92.6 Å². The zero-order valence-corrected chi connectivity index (χ0v) is 9.33. The van der Waals surface area contributed by atoms with E-state index in [1.807, 2.05) is 0 Å². The third-order valence-electron chi connectivity index (χ3n) is 2.73. The normalized spacial score (nSPS) is 20.6. The smallest absolute Gasteiger partial charge is 0.329 e. The van der Waals surface area contributed by atoms with E-state index >= 15 is 0 Å². The van der Waals surface area contributed by atoms with Gasteiger partial charge in [0.15, 0.2) is 0 Å². The van der Waals surface area contributed by atoms with Crippen molar-refractivity contribution < 1.29 is 9.90 Å². The number of carbonyl (C=O) groups is 1. The highest BCUT2D eigenvalue weighted by Crippen LogP contribution is 2.32. The first-order valence-corrected chi connectivity index (χ1v) is 5.79. The lowest BCUT2D eigenvalue weighted by atomic mass is 10.0. The van der Waals surface area contributed by atoms with Gasteiger partial charge in [-0.25, -0.2) is 4.79 Å². The summed E-state index contributed by atoms with van der Waals surface area (Å²) in [6.45, 7) is 3.01. The van der Waals surface area contributed by atoms with E-state index in [4.69, 9.17) is 5.11 Å². The second-order valence-corrected chi connectivity index (χ2v) is 4.62. The van der Waals surface area contributed by atoms with Gasteiger partial charge in [0.25, 0.3) is 0 Å². The highest BCUT2D eigenvalue weighted by Gasteiger charge is 2.22. The molecule has 1 N–H and O–H groups in total. The molecule has 0 saturated heterocycles. The first-order chi connectivity index (χ1) is 7.18. The van der Waals surface area contributed by atoms with E-state index in [1.165, 1.54) is 16.5 Å². The average Bonchev–Trinajstić information content (AvgIpc) is 2.65. The molecule has 1 aliphatic rings. The lowest BCUT2D eigenvalue weighted by Gasteiger charge is -2.32. The van der Waals surface area contributed by atoms with E-state index in [-0.39, 0.29) is 6.04 Å². The maximum absolute atomic E-state index is 10.4. The Hall–Kier alpha value is -1.29. The van der Waals surface area contributed by atoms with Gasteiger partial charge in [-0.1, -0.05) is 0 Å². The van der Waals surface area contributed by atoms with Gasteiger partial charge in [-0.3, -0.25) is 0 Å². The van der Waals surface area contributed by atoms with Gasteiger partial charge < -0.3 is 10.0 Å². The molecule has 2 heterocycles. The summed E-state index contributed by atoms with van der Waals surface area (Å²) in [5.74, 6) is -0.890. The lowest BCUT2D eigenvalue weighted by molar-refractivity contribution is -0.131. The SMILES string of the molecule is CC1c2ccsc2CCN1C=CC(=O)O. The predicted octanol–water partition coefficient (Wildman–Crippen LogP) is 2.27. The van der Waals surface area contributed by atoms with Crippen LogP contribution in [-0.2, 0) is 11.2 Å². The number of carboxylic acids is 1. The van der Waals surface area contributed by atoms with Gasteiger partial charge in [0, 0.05) is 23.7 Å². The molecule has 4 heteroatoms. The molecular formula is C11H13NO2S. The summed E-state index contributed by atoms with van der Waals surface area (Å²) in [4.78, 5) is 13.9. The van der Waals surface area contributed by atoms with Crippen LogP contribution in [0.5, 0.6) is 0 Å². The number of nitrogens with zero attached hydrogens (tertiary/aromatic N) is 1. The highest BCUT2D eigenvalue weighted by atomic mass is 32.1. The van der Waals surface area contributed by atoms with Crippen molar-refractivity contribution in [2.24, 2.45) is 0 Å². The van der Waals surface area contributed by atoms with Gasteiger partial charge >= 0.3 is 5.97 Å². The Morgan fingerprint density at radius 2 is 2.53 bits per heavy atom. The monoisotopic (exact) mass is 223 g/mol. The van der Waals surface area contributed by atoms with Crippen molar-refractivity contribution in [3.8, 4) is 0 Å². The van der Waals surface area contributed by atoms with Crippen molar-refractivity contribution in [1.82, 2.24) is 4.90 Å². The van der Waals surface area contributed by atoms with E-state index < -0.39 is 5.97 Å². The van der Waals surface area contributed by atoms with E-state index in [9.17, 15) is 4.79 Å². The molecule has 0 amide bonds. The fraction of sp³-hybridized carbons (Fsp3) is 0.364. The number of fused-ring (bicyclic) bond motifs is 1. The number of aliphatic carboxylic acids is 1. The van der Waals surface area contributed by atoms with Crippen LogP contribution in [0.3, 0.4) is 0 Å². The number of hydrogen-bond donors (Lipinski definition) is 1. The van der Waals surface area contributed by atoms with Crippen LogP contribution in [0.2, 0.25) is 0 Å². The first-order valence-electron chi connectivity index (χ1n) is 4.91. The number of rotatable bonds is 2. The molecule has 0 fully saturated rings. The van der Waals surface area contributed by atoms with E-state index in [1.54, 1.807) is 17.5 Å². The summed E-state index contributed by atoms with van der Waals surface area (Å²) in [5, 5.41) is 10.7. The topological polar surface area (TPSA) is 40.5 Å². The van der Waals surface area contributed by atoms with Crippen LogP contribution in [0.1, 0.15) is 23.4 Å². The van der Waals surface area contributed by atoms with Crippen LogP contribution < -0.4 is 0 Å². The Bertz CT molecular complexity index is 397. The maximum atomic E-state index is 10.4. The Morgan fingerprint density at radius 1 is 1.73 bits per heavy atom. The van der Waals surface area contributed by atoms with Crippen molar-refractivity contribution in [3.05, 3.63) is 34.2 Å². The molecule has 1 aromatic rings. The standard InChI is InChI=1S/C11H13NO2S/c1-8-9-4-7-15-10(9)2-5-12(8)6-3-11(13)14/h3-4,6-8H,2,5H2,1H3,(H,13,14). The summed E-state index contributed by atoms with van der Waals surface area (Å²) in [6.07, 6.45) is 3.89. The average molecular weight is 223 g/mol. The minimum atomic E-state index is -0.890. The lowest BCUT2D eigenvalue weighted by Crippen LogP contribution is -2.28. The maximum Gasteiger partial charge on any atom is 0.329 e. The van der Waals surface area contributed by atoms with Gasteiger partial charge in [-0.2, -0.15) is 0 Å². The van der Waals surface area contributed by atoms with Crippen LogP contribution in [0, 0.1) is 0 Å². The van der Waals surface area contributed by atoms with Crippen molar-refractivity contribution in [1.29, 1.82) is 0 Å². The van der Waals surface area contributed by atoms with Crippen molar-refractivity contribution in [3.63, 3.8) is 0 Å². The van der Waals surface area contributed by atoms with Crippen LogP contribution in [0.4, 0.5) is 0 Å². The molecule has 80 valence electrons. The van der Waals surface area contributed by atoms with Gasteiger partial charge in [-0.15, -0.1) is 11.3 Å². The molecule has 15 heavy (non-hydrogen) atoms. The van der Waals surface area contributed by atoms with Gasteiger partial charge in [-0.05, 0) is 30.4 Å². The van der Waals surface area contributed by atoms with Crippen molar-refractivity contribution >= 4 is 17.3 Å². The number of carboxylic acid groups (broad SMARTS) is 1. The van der Waals surface area contributed by atoms with Crippen LogP contribution in [0.25, 0.3) is 0 Å². The molecule has 1 aliphatic heterocycles. The fourth-order valence-corrected chi connectivity index (χ4v) is 2.85. The molecule has 0 saturated carbocycles. The highest BCUT2D eigenvalue weighted by molar-refractivity contribution is 7.10. The third kappa shape index (κ3) is 2.04. The van der Waals surface area contributed by atoms with Gasteiger partial charge in [0.2, 0.25) is 0 Å². The van der Waals surface area contributed by atoms with E-state index in [0.29, 0.717) is 0 Å². The molecule has 0 spiro atoms. The summed E-state index contributed by atoms with van der Waals surface area (Å²) in [7, 11) is 0. The van der Waals surface area contributed by atoms with Crippen molar-refractivity contribution in [2.45, 2.75) is 19.4 Å². The van der Waals surface area contributed by atoms with E-state index in [2.05, 4.69) is 23.3 Å². The largest absolute Gasteiger partial charge is 0.478 e. The predicted molar refractivity (Wildman–Crippen MR) is 59.9 cm³/mol. The summed E-state index contributed by atoms with van der Waals surface area (Å²) in [5.41, 5.74) is 1.33. The van der Waals surface area contributed by atoms with Crippen LogP contribution >= 0.6 is 11.3 Å². The van der Waals surface area contributed by atoms with Crippen LogP contribution in [-0.4, -0.2) is 22.5 Å². The quantitative estimate of drug-likeness (QED) is 0.782. The van der Waals surface area contributed by atoms with Gasteiger partial charge in [0.1, 0.15) is 0 Å². The van der Waals surface area contributed by atoms with Crippen LogP contribution in [0.15, 0.2) is 23.7 Å². The third-order valence-corrected chi connectivity index (χ3v) is 3.73. The molecule has 3 nitrogen and oxygen atoms in total. The molecule has 1 unspecified atom stereocenters. The molecule has 0 radical (unpaired) electrons. The first kappa shape index (κ1) is 10.2. The van der Waals surface area contributed by atoms with Gasteiger partial charge in [0.05, 0.1) is 6.04 Å². The number of thiophene rings is 1. The second-order valence-electron chi connectivity index (χ2n) is 3.62. The Balaban J connectivity index is 2.16. The van der Waals surface area contributed by atoms with E-state index in [0.717, 1.165) is 13.0 Å². The summed E-state index contributed by atoms with van der Waals surface area (Å²) >= 11 is 1.79. The molecular weight excluding hydrogens is 210 g/mol. The molecule has 0 aliphatic carbocycles. The zero-order chi connectivity index (χ0) is 10.8. The Kier molecular flexibility index (Phi) is 2.77. The minimum Gasteiger partial charge on any atom is -0.478 e. The molecule has 0 bridgehead atoms. The summed E-state index contributed by atoms with van der Waals surface area (Å²) in [6, 6.07) is 2.42. The number of hydrogen-bond acceptors (Lipinski definition) is 3. The summed E-state index contributed by atoms with van der Waals surface area (Å²) < 4.78 is 0. The molecule has 2 rings (SSSR count). The Morgan fingerprint density at radius 3 is 3.27 bits per heavy atom. The zero-order valence-electron chi connectivity index (χ0n) is 8.51.